The Morgan fingerprint density at radius 1 is 1.46 bits per heavy atom. The summed E-state index contributed by atoms with van der Waals surface area (Å²) in [6.45, 7) is 0. The van der Waals surface area contributed by atoms with Gasteiger partial charge in [-0.3, -0.25) is 10.1 Å². The van der Waals surface area contributed by atoms with Crippen molar-refractivity contribution in [1.29, 1.82) is 0 Å². The zero-order valence-corrected chi connectivity index (χ0v) is 8.17. The van der Waals surface area contributed by atoms with E-state index in [9.17, 15) is 4.79 Å². The van der Waals surface area contributed by atoms with Gasteiger partial charge in [0.25, 0.3) is 5.91 Å². The smallest absolute Gasteiger partial charge is 0.273 e. The fourth-order valence-electron chi connectivity index (χ4n) is 1.01. The second kappa shape index (κ2) is 3.27. The Balaban J connectivity index is 2.27. The molecule has 0 aromatic carbocycles. The van der Waals surface area contributed by atoms with Gasteiger partial charge in [0.15, 0.2) is 5.11 Å². The van der Waals surface area contributed by atoms with E-state index >= 15 is 0 Å². The van der Waals surface area contributed by atoms with Crippen LogP contribution in [0.15, 0.2) is 22.5 Å². The second-order valence-electron chi connectivity index (χ2n) is 2.52. The van der Waals surface area contributed by atoms with Crippen molar-refractivity contribution in [2.24, 2.45) is 0 Å². The van der Waals surface area contributed by atoms with E-state index < -0.39 is 0 Å². The fraction of sp³-hybridized carbons (Fsp3) is 0. The van der Waals surface area contributed by atoms with Gasteiger partial charge in [-0.05, 0) is 40.7 Å². The standard InChI is InChI=1S/C8H6N2OS2/c11-7-6(9-8(12)10-7)3-5-1-2-13-4-5/h1-4H,(H2,9,10,11,12)/b6-3-. The Kier molecular flexibility index (Phi) is 2.12. The van der Waals surface area contributed by atoms with Gasteiger partial charge in [0.1, 0.15) is 5.70 Å². The Morgan fingerprint density at radius 3 is 2.85 bits per heavy atom. The zero-order valence-electron chi connectivity index (χ0n) is 6.53. The summed E-state index contributed by atoms with van der Waals surface area (Å²) in [6.07, 6.45) is 1.77. The lowest BCUT2D eigenvalue weighted by Crippen LogP contribution is -2.21. The normalized spacial score (nSPS) is 18.9. The molecule has 0 bridgehead atoms. The van der Waals surface area contributed by atoms with Gasteiger partial charge in [-0.25, -0.2) is 0 Å². The summed E-state index contributed by atoms with van der Waals surface area (Å²) in [5, 5.41) is 9.56. The van der Waals surface area contributed by atoms with Crippen molar-refractivity contribution >= 4 is 40.7 Å². The molecule has 0 spiro atoms. The highest BCUT2D eigenvalue weighted by Crippen LogP contribution is 2.11. The van der Waals surface area contributed by atoms with Crippen molar-refractivity contribution in [3.8, 4) is 0 Å². The number of thiocarbonyl (C=S) groups is 1. The molecule has 13 heavy (non-hydrogen) atoms. The Hall–Kier alpha value is -1.20. The number of rotatable bonds is 1. The first kappa shape index (κ1) is 8.40. The van der Waals surface area contributed by atoms with E-state index in [0.29, 0.717) is 10.8 Å². The molecule has 1 saturated heterocycles. The maximum absolute atomic E-state index is 11.2. The van der Waals surface area contributed by atoms with Crippen molar-refractivity contribution < 1.29 is 4.79 Å². The number of hydrogen-bond donors (Lipinski definition) is 2. The van der Waals surface area contributed by atoms with Crippen LogP contribution in [0.25, 0.3) is 6.08 Å². The molecule has 0 saturated carbocycles. The number of carbonyl (C=O) groups excluding carboxylic acids is 1. The average Bonchev–Trinajstić information content (AvgIpc) is 2.63. The minimum Gasteiger partial charge on any atom is -0.328 e. The van der Waals surface area contributed by atoms with Crippen LogP contribution in [0.4, 0.5) is 0 Å². The van der Waals surface area contributed by atoms with Crippen LogP contribution in [0.5, 0.6) is 0 Å². The monoisotopic (exact) mass is 210 g/mol. The summed E-state index contributed by atoms with van der Waals surface area (Å²) >= 11 is 6.38. The third kappa shape index (κ3) is 1.76. The third-order valence-corrected chi connectivity index (χ3v) is 2.48. The molecule has 0 aliphatic carbocycles. The van der Waals surface area contributed by atoms with E-state index in [1.807, 2.05) is 16.8 Å². The van der Waals surface area contributed by atoms with Crippen molar-refractivity contribution in [1.82, 2.24) is 10.6 Å². The topological polar surface area (TPSA) is 41.1 Å². The summed E-state index contributed by atoms with van der Waals surface area (Å²) < 4.78 is 0. The van der Waals surface area contributed by atoms with Crippen molar-refractivity contribution in [2.75, 3.05) is 0 Å². The minimum absolute atomic E-state index is 0.170. The largest absolute Gasteiger partial charge is 0.328 e. The van der Waals surface area contributed by atoms with Gasteiger partial charge in [-0.1, -0.05) is 0 Å². The summed E-state index contributed by atoms with van der Waals surface area (Å²) in [5.41, 5.74) is 1.51. The highest BCUT2D eigenvalue weighted by molar-refractivity contribution is 7.80. The summed E-state index contributed by atoms with van der Waals surface area (Å²) in [6, 6.07) is 1.94. The van der Waals surface area contributed by atoms with Gasteiger partial charge in [0.05, 0.1) is 0 Å². The van der Waals surface area contributed by atoms with Crippen LogP contribution in [0.3, 0.4) is 0 Å². The van der Waals surface area contributed by atoms with E-state index in [1.54, 1.807) is 17.4 Å². The molecule has 2 heterocycles. The number of amides is 1. The fourth-order valence-corrected chi connectivity index (χ4v) is 1.83. The molecule has 0 unspecified atom stereocenters. The van der Waals surface area contributed by atoms with Crippen molar-refractivity contribution in [3.05, 3.63) is 28.1 Å². The lowest BCUT2D eigenvalue weighted by Gasteiger charge is -1.91. The number of nitrogens with one attached hydrogen (secondary N) is 2. The number of hydrogen-bond acceptors (Lipinski definition) is 3. The highest BCUT2D eigenvalue weighted by Gasteiger charge is 2.19. The summed E-state index contributed by atoms with van der Waals surface area (Å²) in [5.74, 6) is -0.170. The molecule has 1 aromatic rings. The maximum Gasteiger partial charge on any atom is 0.273 e. The van der Waals surface area contributed by atoms with Crippen LogP contribution in [-0.2, 0) is 4.79 Å². The molecule has 0 atom stereocenters. The van der Waals surface area contributed by atoms with E-state index in [2.05, 4.69) is 10.6 Å². The van der Waals surface area contributed by atoms with Crippen LogP contribution < -0.4 is 10.6 Å². The van der Waals surface area contributed by atoms with Gasteiger partial charge in [-0.15, -0.1) is 0 Å². The predicted octanol–water partition coefficient (Wildman–Crippen LogP) is 1.09. The molecular weight excluding hydrogens is 204 g/mol. The van der Waals surface area contributed by atoms with E-state index in [-0.39, 0.29) is 5.91 Å². The summed E-state index contributed by atoms with van der Waals surface area (Å²) in [7, 11) is 0. The Morgan fingerprint density at radius 2 is 2.31 bits per heavy atom. The zero-order chi connectivity index (χ0) is 9.26. The summed E-state index contributed by atoms with van der Waals surface area (Å²) in [4.78, 5) is 11.2. The molecule has 1 aromatic heterocycles. The molecule has 5 heteroatoms. The lowest BCUT2D eigenvalue weighted by atomic mass is 10.3. The highest BCUT2D eigenvalue weighted by atomic mass is 32.1. The van der Waals surface area contributed by atoms with Crippen molar-refractivity contribution in [2.45, 2.75) is 0 Å². The minimum atomic E-state index is -0.170. The second-order valence-corrected chi connectivity index (χ2v) is 3.71. The molecule has 0 radical (unpaired) electrons. The Bertz CT molecular complexity index is 381. The third-order valence-electron chi connectivity index (χ3n) is 1.57. The SMILES string of the molecule is O=C1NC(=S)N/C1=C\c1ccsc1. The van der Waals surface area contributed by atoms with Gasteiger partial charge in [0, 0.05) is 0 Å². The molecule has 1 aliphatic rings. The van der Waals surface area contributed by atoms with Gasteiger partial charge >= 0.3 is 0 Å². The molecular formula is C8H6N2OS2. The number of carbonyl (C=O) groups is 1. The molecule has 1 fully saturated rings. The first-order valence-electron chi connectivity index (χ1n) is 3.62. The predicted molar refractivity (Wildman–Crippen MR) is 56.2 cm³/mol. The van der Waals surface area contributed by atoms with Crippen LogP contribution >= 0.6 is 23.6 Å². The van der Waals surface area contributed by atoms with Crippen LogP contribution in [-0.4, -0.2) is 11.0 Å². The van der Waals surface area contributed by atoms with Crippen LogP contribution in [0.2, 0.25) is 0 Å². The lowest BCUT2D eigenvalue weighted by molar-refractivity contribution is -0.115. The Labute approximate surface area is 84.5 Å². The van der Waals surface area contributed by atoms with Crippen LogP contribution in [0, 0.1) is 0 Å². The maximum atomic E-state index is 11.2. The first-order valence-corrected chi connectivity index (χ1v) is 4.97. The number of thiophene rings is 1. The van der Waals surface area contributed by atoms with Crippen molar-refractivity contribution in [3.63, 3.8) is 0 Å². The molecule has 66 valence electrons. The molecule has 3 nitrogen and oxygen atoms in total. The van der Waals surface area contributed by atoms with Crippen LogP contribution in [0.1, 0.15) is 5.56 Å². The van der Waals surface area contributed by atoms with Gasteiger partial charge < -0.3 is 5.32 Å². The quantitative estimate of drug-likeness (QED) is 0.538. The van der Waals surface area contributed by atoms with Gasteiger partial charge in [-0.2, -0.15) is 11.3 Å². The van der Waals surface area contributed by atoms with E-state index in [0.717, 1.165) is 5.56 Å². The van der Waals surface area contributed by atoms with E-state index in [1.165, 1.54) is 0 Å². The molecule has 2 N–H and O–H groups in total. The molecule has 1 amide bonds. The average molecular weight is 210 g/mol. The first-order chi connectivity index (χ1) is 6.25. The molecule has 1 aliphatic heterocycles. The van der Waals surface area contributed by atoms with Gasteiger partial charge in [0.2, 0.25) is 0 Å². The van der Waals surface area contributed by atoms with E-state index in [4.69, 9.17) is 12.2 Å². The molecule has 2 rings (SSSR count).